The van der Waals surface area contributed by atoms with Gasteiger partial charge in [0.15, 0.2) is 5.60 Å². The van der Waals surface area contributed by atoms with E-state index in [0.717, 1.165) is 4.47 Å². The van der Waals surface area contributed by atoms with Gasteiger partial charge in [0.2, 0.25) is 0 Å². The molecule has 1 atom stereocenters. The standard InChI is InChI=1S/C10H10BrF3N2O/c11-7-1-2-8(15-5-7)16-4-3-9(17,6-16)10(12,13)14/h1-2,5,17H,3-4,6H2. The fourth-order valence-electron chi connectivity index (χ4n) is 1.78. The normalized spacial score (nSPS) is 25.4. The van der Waals surface area contributed by atoms with Gasteiger partial charge in [0.1, 0.15) is 5.82 Å². The predicted molar refractivity (Wildman–Crippen MR) is 59.8 cm³/mol. The molecule has 1 aliphatic rings. The molecule has 0 bridgehead atoms. The van der Waals surface area contributed by atoms with Gasteiger partial charge < -0.3 is 10.0 Å². The number of hydrogen-bond donors (Lipinski definition) is 1. The first-order chi connectivity index (χ1) is 7.82. The Balaban J connectivity index is 2.15. The molecule has 0 aliphatic carbocycles. The van der Waals surface area contributed by atoms with Crippen molar-refractivity contribution in [1.82, 2.24) is 4.98 Å². The molecule has 1 aromatic rings. The van der Waals surface area contributed by atoms with Crippen LogP contribution in [0.4, 0.5) is 19.0 Å². The lowest BCUT2D eigenvalue weighted by Gasteiger charge is -2.26. The Kier molecular flexibility index (Phi) is 3.07. The van der Waals surface area contributed by atoms with Crippen LogP contribution < -0.4 is 4.90 Å². The number of aromatic nitrogens is 1. The quantitative estimate of drug-likeness (QED) is 0.865. The fourth-order valence-corrected chi connectivity index (χ4v) is 2.01. The summed E-state index contributed by atoms with van der Waals surface area (Å²) in [5, 5.41) is 9.51. The molecule has 0 amide bonds. The molecule has 1 N–H and O–H groups in total. The molecule has 1 unspecified atom stereocenters. The summed E-state index contributed by atoms with van der Waals surface area (Å²) in [5.74, 6) is 0.438. The zero-order chi connectivity index (χ0) is 12.7. The van der Waals surface area contributed by atoms with E-state index in [9.17, 15) is 18.3 Å². The maximum Gasteiger partial charge on any atom is 0.418 e. The van der Waals surface area contributed by atoms with E-state index in [4.69, 9.17) is 0 Å². The summed E-state index contributed by atoms with van der Waals surface area (Å²) in [5.41, 5.74) is -2.62. The third-order valence-electron chi connectivity index (χ3n) is 2.81. The van der Waals surface area contributed by atoms with Gasteiger partial charge in [-0.3, -0.25) is 0 Å². The van der Waals surface area contributed by atoms with Crippen molar-refractivity contribution in [3.05, 3.63) is 22.8 Å². The average molecular weight is 311 g/mol. The number of β-amino-alcohol motifs (C(OH)–C–C–N with tert-alkyl or cyclic N) is 1. The molecule has 2 heterocycles. The molecular formula is C10H10BrF3N2O. The number of hydrogen-bond acceptors (Lipinski definition) is 3. The monoisotopic (exact) mass is 310 g/mol. The van der Waals surface area contributed by atoms with E-state index in [1.807, 2.05) is 0 Å². The van der Waals surface area contributed by atoms with Crippen molar-refractivity contribution in [2.45, 2.75) is 18.2 Å². The summed E-state index contributed by atoms with van der Waals surface area (Å²) >= 11 is 3.20. The van der Waals surface area contributed by atoms with Crippen molar-refractivity contribution in [3.8, 4) is 0 Å². The van der Waals surface area contributed by atoms with Crippen LogP contribution in [0.15, 0.2) is 22.8 Å². The van der Waals surface area contributed by atoms with Crippen molar-refractivity contribution >= 4 is 21.7 Å². The molecule has 0 aromatic carbocycles. The van der Waals surface area contributed by atoms with E-state index in [2.05, 4.69) is 20.9 Å². The molecule has 0 radical (unpaired) electrons. The topological polar surface area (TPSA) is 36.4 Å². The van der Waals surface area contributed by atoms with Gasteiger partial charge in [-0.15, -0.1) is 0 Å². The second-order valence-corrected chi connectivity index (χ2v) is 4.95. The van der Waals surface area contributed by atoms with E-state index in [1.165, 1.54) is 11.1 Å². The Bertz CT molecular complexity index is 409. The Hall–Kier alpha value is -0.820. The van der Waals surface area contributed by atoms with Gasteiger partial charge in [0, 0.05) is 23.6 Å². The molecular weight excluding hydrogens is 301 g/mol. The second-order valence-electron chi connectivity index (χ2n) is 4.04. The number of anilines is 1. The molecule has 1 aromatic heterocycles. The number of halogens is 4. The zero-order valence-electron chi connectivity index (χ0n) is 8.71. The number of aliphatic hydroxyl groups is 1. The minimum atomic E-state index is -4.60. The maximum atomic E-state index is 12.6. The van der Waals surface area contributed by atoms with Gasteiger partial charge >= 0.3 is 6.18 Å². The lowest BCUT2D eigenvalue weighted by atomic mass is 10.0. The van der Waals surface area contributed by atoms with E-state index in [-0.39, 0.29) is 13.0 Å². The lowest BCUT2D eigenvalue weighted by molar-refractivity contribution is -0.250. The number of rotatable bonds is 1. The molecule has 0 spiro atoms. The van der Waals surface area contributed by atoms with Crippen molar-refractivity contribution in [2.24, 2.45) is 0 Å². The first-order valence-electron chi connectivity index (χ1n) is 4.97. The van der Waals surface area contributed by atoms with Crippen LogP contribution in [0.5, 0.6) is 0 Å². The Labute approximate surface area is 104 Å². The van der Waals surface area contributed by atoms with Crippen LogP contribution >= 0.6 is 15.9 Å². The third kappa shape index (κ3) is 2.40. The van der Waals surface area contributed by atoms with Gasteiger partial charge in [-0.05, 0) is 28.1 Å². The molecule has 94 valence electrons. The first kappa shape index (κ1) is 12.6. The van der Waals surface area contributed by atoms with Gasteiger partial charge in [-0.2, -0.15) is 13.2 Å². The van der Waals surface area contributed by atoms with Crippen LogP contribution in [0.2, 0.25) is 0 Å². The molecule has 3 nitrogen and oxygen atoms in total. The van der Waals surface area contributed by atoms with Crippen molar-refractivity contribution in [1.29, 1.82) is 0 Å². The predicted octanol–water partition coefficient (Wildman–Crippen LogP) is 2.35. The highest BCUT2D eigenvalue weighted by Gasteiger charge is 2.57. The average Bonchev–Trinajstić information content (AvgIpc) is 2.63. The lowest BCUT2D eigenvalue weighted by Crippen LogP contribution is -2.47. The van der Waals surface area contributed by atoms with E-state index in [1.54, 1.807) is 12.1 Å². The van der Waals surface area contributed by atoms with Crippen LogP contribution in [0, 0.1) is 0 Å². The van der Waals surface area contributed by atoms with Gasteiger partial charge in [0.05, 0.1) is 6.54 Å². The largest absolute Gasteiger partial charge is 0.418 e. The van der Waals surface area contributed by atoms with Crippen LogP contribution in [-0.4, -0.2) is 35.0 Å². The second kappa shape index (κ2) is 4.13. The van der Waals surface area contributed by atoms with Crippen molar-refractivity contribution < 1.29 is 18.3 Å². The van der Waals surface area contributed by atoms with Gasteiger partial charge in [0.25, 0.3) is 0 Å². The van der Waals surface area contributed by atoms with E-state index >= 15 is 0 Å². The van der Waals surface area contributed by atoms with Gasteiger partial charge in [-0.25, -0.2) is 4.98 Å². The molecule has 17 heavy (non-hydrogen) atoms. The molecule has 1 fully saturated rings. The molecule has 1 aliphatic heterocycles. The Morgan fingerprint density at radius 2 is 2.12 bits per heavy atom. The molecule has 2 rings (SSSR count). The van der Waals surface area contributed by atoms with E-state index < -0.39 is 18.3 Å². The Morgan fingerprint density at radius 1 is 1.41 bits per heavy atom. The minimum absolute atomic E-state index is 0.143. The number of pyridine rings is 1. The van der Waals surface area contributed by atoms with E-state index in [0.29, 0.717) is 5.82 Å². The smallest absolute Gasteiger partial charge is 0.379 e. The van der Waals surface area contributed by atoms with Gasteiger partial charge in [-0.1, -0.05) is 0 Å². The first-order valence-corrected chi connectivity index (χ1v) is 5.77. The fraction of sp³-hybridized carbons (Fsp3) is 0.500. The maximum absolute atomic E-state index is 12.6. The van der Waals surface area contributed by atoms with Crippen molar-refractivity contribution in [2.75, 3.05) is 18.0 Å². The third-order valence-corrected chi connectivity index (χ3v) is 3.28. The summed E-state index contributed by atoms with van der Waals surface area (Å²) < 4.78 is 38.5. The summed E-state index contributed by atoms with van der Waals surface area (Å²) in [4.78, 5) is 5.44. The highest BCUT2D eigenvalue weighted by Crippen LogP contribution is 2.38. The minimum Gasteiger partial charge on any atom is -0.379 e. The van der Waals surface area contributed by atoms with Crippen LogP contribution in [0.3, 0.4) is 0 Å². The summed E-state index contributed by atoms with van der Waals surface area (Å²) in [6, 6.07) is 3.32. The molecule has 7 heteroatoms. The molecule has 1 saturated heterocycles. The van der Waals surface area contributed by atoms with Crippen LogP contribution in [-0.2, 0) is 0 Å². The zero-order valence-corrected chi connectivity index (χ0v) is 10.3. The highest BCUT2D eigenvalue weighted by molar-refractivity contribution is 9.10. The van der Waals surface area contributed by atoms with Crippen LogP contribution in [0.25, 0.3) is 0 Å². The number of alkyl halides is 3. The molecule has 0 saturated carbocycles. The SMILES string of the molecule is OC1(C(F)(F)F)CCN(c2ccc(Br)cn2)C1. The summed E-state index contributed by atoms with van der Waals surface area (Å²) in [7, 11) is 0. The highest BCUT2D eigenvalue weighted by atomic mass is 79.9. The number of nitrogens with zero attached hydrogens (tertiary/aromatic N) is 2. The summed E-state index contributed by atoms with van der Waals surface area (Å²) in [6.45, 7) is -0.324. The van der Waals surface area contributed by atoms with Crippen LogP contribution in [0.1, 0.15) is 6.42 Å². The van der Waals surface area contributed by atoms with Crippen molar-refractivity contribution in [3.63, 3.8) is 0 Å². The summed E-state index contributed by atoms with van der Waals surface area (Å²) in [6.07, 6.45) is -3.41. The Morgan fingerprint density at radius 3 is 2.59 bits per heavy atom.